The zero-order valence-corrected chi connectivity index (χ0v) is 7.97. The maximum atomic E-state index is 0. The third-order valence-corrected chi connectivity index (χ3v) is 0. The Morgan fingerprint density at radius 1 is 1.00 bits per heavy atom. The molecule has 33 valence electrons. The number of hydrogen-bond acceptors (Lipinski definition) is 0. The Labute approximate surface area is 71.3 Å². The van der Waals surface area contributed by atoms with Crippen LogP contribution < -0.4 is 0 Å². The predicted octanol–water partition coefficient (Wildman–Crippen LogP) is 0.790. The molecule has 0 aliphatic heterocycles. The molecule has 0 fully saturated rings. The Kier molecular flexibility index (Phi) is 414. The molecule has 0 bridgehead atoms. The van der Waals surface area contributed by atoms with Gasteiger partial charge in [-0.05, 0) is 0 Å². The Balaban J connectivity index is 0. The summed E-state index contributed by atoms with van der Waals surface area (Å²) in [5.74, 6) is 0. The van der Waals surface area contributed by atoms with Crippen LogP contribution in [-0.4, -0.2) is 18.9 Å². The first-order valence-corrected chi connectivity index (χ1v) is 0. The van der Waals surface area contributed by atoms with E-state index in [1.807, 2.05) is 0 Å². The molecule has 0 saturated carbocycles. The molecule has 0 aromatic rings. The second-order valence-corrected chi connectivity index (χ2v) is 0. The zero-order chi connectivity index (χ0) is 0. The van der Waals surface area contributed by atoms with Gasteiger partial charge in [0.25, 0.3) is 0 Å². The summed E-state index contributed by atoms with van der Waals surface area (Å²) in [5.41, 5.74) is 0. The van der Waals surface area contributed by atoms with Crippen molar-refractivity contribution in [2.45, 2.75) is 0 Å². The van der Waals surface area contributed by atoms with Crippen molar-refractivity contribution < 1.29 is 0 Å². The Morgan fingerprint density at radius 2 is 1.00 bits per heavy atom. The van der Waals surface area contributed by atoms with E-state index >= 15 is 0 Å². The molecule has 1 atom stereocenters. The van der Waals surface area contributed by atoms with Crippen LogP contribution in [0, 0.1) is 0 Å². The van der Waals surface area contributed by atoms with Gasteiger partial charge in [-0.15, -0.1) is 29.4 Å². The average Bonchev–Trinajstić information content (AvgIpc) is 0. The molecule has 1 radical (unpaired) electrons. The van der Waals surface area contributed by atoms with Gasteiger partial charge in [0.2, 0.25) is 0 Å². The van der Waals surface area contributed by atoms with Crippen LogP contribution in [0.5, 0.6) is 0 Å². The smallest absolute Gasteiger partial charge is 0 e. The molecule has 5 heteroatoms. The molecule has 0 spiro atoms. The molecule has 0 heterocycles. The van der Waals surface area contributed by atoms with E-state index in [0.717, 1.165) is 0 Å². The molecule has 0 N–H and O–H groups in total. The maximum Gasteiger partial charge on any atom is 0 e. The van der Waals surface area contributed by atoms with Crippen LogP contribution in [0.2, 0.25) is 0 Å². The largest absolute Gasteiger partial charge is 0.197 e. The van der Waals surface area contributed by atoms with E-state index in [1.165, 1.54) is 0 Å². The van der Waals surface area contributed by atoms with Crippen molar-refractivity contribution in [3.05, 3.63) is 0 Å². The van der Waals surface area contributed by atoms with Gasteiger partial charge < -0.3 is 0 Å². The molecular formula is H7BrClLiPS. The zero-order valence-electron chi connectivity index (χ0n) is 3.02. The number of hydrogen-bond donors (Lipinski definition) is 0. The summed E-state index contributed by atoms with van der Waals surface area (Å²) in [4.78, 5) is 0. The molecule has 0 saturated heterocycles. The Morgan fingerprint density at radius 3 is 1.00 bits per heavy atom. The fourth-order valence-corrected chi connectivity index (χ4v) is 0. The molecule has 0 nitrogen and oxygen atoms in total. The average molecular weight is 192 g/mol. The van der Waals surface area contributed by atoms with E-state index < -0.39 is 0 Å². The molecule has 0 aromatic heterocycles. The van der Waals surface area contributed by atoms with E-state index in [1.54, 1.807) is 0 Å². The second-order valence-electron chi connectivity index (χ2n) is 0. The van der Waals surface area contributed by atoms with Crippen LogP contribution >= 0.6 is 52.8 Å². The summed E-state index contributed by atoms with van der Waals surface area (Å²) >= 11 is 0. The van der Waals surface area contributed by atoms with Crippen LogP contribution in [-0.2, 0) is 0 Å². The Bertz CT molecular complexity index is 11.6. The summed E-state index contributed by atoms with van der Waals surface area (Å²) in [6, 6.07) is 0. The van der Waals surface area contributed by atoms with Gasteiger partial charge in [0, 0.05) is 18.9 Å². The second kappa shape index (κ2) is 35.3. The topological polar surface area (TPSA) is 0 Å². The standard InChI is InChI=1S/BrH.ClH.Li.H3P.H2S/h2*1H;;1H3;1H2. The van der Waals surface area contributed by atoms with E-state index in [4.69, 9.17) is 0 Å². The quantitative estimate of drug-likeness (QED) is 0.393. The van der Waals surface area contributed by atoms with E-state index in [0.29, 0.717) is 0 Å². The van der Waals surface area contributed by atoms with E-state index in [2.05, 4.69) is 0 Å². The third-order valence-electron chi connectivity index (χ3n) is 0. The minimum Gasteiger partial charge on any atom is -0.197 e. The SMILES string of the molecule is Br.Cl.P.S.[Li]. The fourth-order valence-electron chi connectivity index (χ4n) is 0. The Hall–Kier alpha value is 2.15. The summed E-state index contributed by atoms with van der Waals surface area (Å²) in [5, 5.41) is 0. The molecule has 0 rings (SSSR count). The normalized spacial score (nSPS) is 0. The summed E-state index contributed by atoms with van der Waals surface area (Å²) in [6.07, 6.45) is 0. The third kappa shape index (κ3) is 22.9. The first-order valence-electron chi connectivity index (χ1n) is 0. The molecule has 5 heavy (non-hydrogen) atoms. The van der Waals surface area contributed by atoms with Gasteiger partial charge in [-0.1, -0.05) is 0 Å². The van der Waals surface area contributed by atoms with Crippen molar-refractivity contribution in [2.75, 3.05) is 0 Å². The minimum absolute atomic E-state index is 0. The van der Waals surface area contributed by atoms with Crippen molar-refractivity contribution in [3.8, 4) is 0 Å². The van der Waals surface area contributed by atoms with Gasteiger partial charge in [-0.25, -0.2) is 0 Å². The number of rotatable bonds is 0. The van der Waals surface area contributed by atoms with Crippen LogP contribution in [0.25, 0.3) is 0 Å². The van der Waals surface area contributed by atoms with Crippen molar-refractivity contribution >= 4 is 71.6 Å². The van der Waals surface area contributed by atoms with Crippen molar-refractivity contribution in [2.24, 2.45) is 0 Å². The van der Waals surface area contributed by atoms with Gasteiger partial charge in [0.1, 0.15) is 0 Å². The van der Waals surface area contributed by atoms with Crippen molar-refractivity contribution in [1.29, 1.82) is 0 Å². The van der Waals surface area contributed by atoms with Crippen molar-refractivity contribution in [3.63, 3.8) is 0 Å². The summed E-state index contributed by atoms with van der Waals surface area (Å²) in [7, 11) is 0. The molecule has 1 unspecified atom stereocenters. The molecule has 0 aliphatic rings. The van der Waals surface area contributed by atoms with Gasteiger partial charge in [-0.3, -0.25) is 0 Å². The van der Waals surface area contributed by atoms with Gasteiger partial charge in [-0.2, -0.15) is 23.4 Å². The fraction of sp³-hybridized carbons (Fsp3) is 0. The van der Waals surface area contributed by atoms with Crippen molar-refractivity contribution in [1.82, 2.24) is 0 Å². The van der Waals surface area contributed by atoms with Crippen LogP contribution in [0.3, 0.4) is 0 Å². The first-order chi connectivity index (χ1) is 0. The van der Waals surface area contributed by atoms with Crippen LogP contribution in [0.1, 0.15) is 0 Å². The maximum absolute atomic E-state index is 0. The summed E-state index contributed by atoms with van der Waals surface area (Å²) in [6.45, 7) is 0. The van der Waals surface area contributed by atoms with E-state index in [-0.39, 0.29) is 71.6 Å². The molecule has 0 aliphatic carbocycles. The number of halogens is 2. The predicted molar refractivity (Wildman–Crippen MR) is 44.8 cm³/mol. The first kappa shape index (κ1) is 58.6. The van der Waals surface area contributed by atoms with Crippen LogP contribution in [0.15, 0.2) is 0 Å². The molecule has 0 amide bonds. The summed E-state index contributed by atoms with van der Waals surface area (Å²) < 4.78 is 0. The molecule has 0 aromatic carbocycles. The van der Waals surface area contributed by atoms with Gasteiger partial charge in [0.15, 0.2) is 0 Å². The monoisotopic (exact) mass is 191 g/mol. The van der Waals surface area contributed by atoms with Crippen LogP contribution in [0.4, 0.5) is 0 Å². The van der Waals surface area contributed by atoms with E-state index in [9.17, 15) is 0 Å². The molecular weight excluding hydrogens is 185 g/mol. The minimum atomic E-state index is 0. The van der Waals surface area contributed by atoms with Gasteiger partial charge >= 0.3 is 0 Å². The van der Waals surface area contributed by atoms with Gasteiger partial charge in [0.05, 0.1) is 0 Å².